The number of nitrogens with two attached hydrogens (primary N) is 2. The van der Waals surface area contributed by atoms with Gasteiger partial charge in [0.2, 0.25) is 5.91 Å². The van der Waals surface area contributed by atoms with Crippen LogP contribution in [0.4, 0.5) is 0 Å². The van der Waals surface area contributed by atoms with Gasteiger partial charge in [0, 0.05) is 17.9 Å². The summed E-state index contributed by atoms with van der Waals surface area (Å²) < 4.78 is 11.1. The Morgan fingerprint density at radius 2 is 1.23 bits per heavy atom. The smallest absolute Gasteiger partial charge is 0.328 e. The Labute approximate surface area is 317 Å². The molecule has 0 rings (SSSR count). The number of amides is 1. The monoisotopic (exact) mass is 763 g/mol. The van der Waals surface area contributed by atoms with E-state index in [0.717, 1.165) is 77.5 Å². The fraction of sp³-hybridized carbons (Fsp3) is 0.892. The summed E-state index contributed by atoms with van der Waals surface area (Å²) in [5.41, 5.74) is 11.4. The van der Waals surface area contributed by atoms with Gasteiger partial charge < -0.3 is 52.4 Å². The van der Waals surface area contributed by atoms with Gasteiger partial charge in [0.05, 0.1) is 19.2 Å². The number of aliphatic hydroxyl groups excluding tert-OH is 1. The molecule has 0 aliphatic heterocycles. The van der Waals surface area contributed by atoms with E-state index in [1.165, 1.54) is 69.5 Å². The molecule has 10 N–H and O–H groups in total. The quantitative estimate of drug-likeness (QED) is 0.0333. The van der Waals surface area contributed by atoms with Crippen LogP contribution in [0.5, 0.6) is 0 Å². The molecule has 0 aliphatic rings. The predicted octanol–water partition coefficient (Wildman–Crippen LogP) is 2.83. The number of carbonyl (C=O) groups excluding carboxylic acids is 3. The van der Waals surface area contributed by atoms with Crippen LogP contribution in [0.15, 0.2) is 0 Å². The van der Waals surface area contributed by atoms with Gasteiger partial charge in [0.1, 0.15) is 18.8 Å². The largest absolute Gasteiger partial charge is 0.480 e. The Bertz CT molecular complexity index is 891. The molecule has 0 aliphatic carbocycles. The van der Waals surface area contributed by atoms with Gasteiger partial charge >= 0.3 is 17.9 Å². The number of aliphatic hydroxyl groups is 1. The standard InChI is InChI=1S/C37H74N6O8S/c1-2-3-4-5-6-7-8-9-10-11-12-13-14-19-34(45)51-31(29-52-30-32(39)36(47)43-33(27-44)37(48)49)28-50-35(46)26-42-25-18-24-41-22-16-15-21-40-23-17-20-38/h31-33,40-42,44H,2-30,38-39H2,1H3,(H,43,47)(H,48,49)/t31-,32+,33+/m1/s1. The molecule has 0 radical (unpaired) electrons. The summed E-state index contributed by atoms with van der Waals surface area (Å²) in [4.78, 5) is 48.4. The lowest BCUT2D eigenvalue weighted by atomic mass is 10.0. The number of aliphatic carboxylic acids is 1. The van der Waals surface area contributed by atoms with E-state index in [-0.39, 0.29) is 37.0 Å². The number of esters is 2. The minimum Gasteiger partial charge on any atom is -0.480 e. The first-order valence-corrected chi connectivity index (χ1v) is 21.0. The first kappa shape index (κ1) is 50.0. The molecule has 0 saturated heterocycles. The molecule has 14 nitrogen and oxygen atoms in total. The van der Waals surface area contributed by atoms with Crippen molar-refractivity contribution in [2.45, 2.75) is 141 Å². The number of unbranched alkanes of at least 4 members (excludes halogenated alkanes) is 13. The maximum atomic E-state index is 12.7. The summed E-state index contributed by atoms with van der Waals surface area (Å²) in [7, 11) is 0. The van der Waals surface area contributed by atoms with Crippen molar-refractivity contribution >= 4 is 35.6 Å². The van der Waals surface area contributed by atoms with Gasteiger partial charge in [-0.3, -0.25) is 14.4 Å². The van der Waals surface area contributed by atoms with Gasteiger partial charge in [-0.2, -0.15) is 11.8 Å². The number of thioether (sulfide) groups is 1. The number of ether oxygens (including phenoxy) is 2. The normalized spacial score (nSPS) is 13.0. The van der Waals surface area contributed by atoms with Crippen LogP contribution in [0.2, 0.25) is 0 Å². The highest BCUT2D eigenvalue weighted by atomic mass is 32.2. The summed E-state index contributed by atoms with van der Waals surface area (Å²) in [6.45, 7) is 6.47. The van der Waals surface area contributed by atoms with Crippen LogP contribution in [0.25, 0.3) is 0 Å². The average Bonchev–Trinajstić information content (AvgIpc) is 3.12. The van der Waals surface area contributed by atoms with Crippen molar-refractivity contribution in [2.75, 3.05) is 70.5 Å². The lowest BCUT2D eigenvalue weighted by Crippen LogP contribution is -2.50. The number of hydrogen-bond donors (Lipinski definition) is 8. The number of carboxylic acids is 1. The molecule has 0 bridgehead atoms. The lowest BCUT2D eigenvalue weighted by Gasteiger charge is -2.20. The number of carboxylic acid groups (broad SMARTS) is 1. The van der Waals surface area contributed by atoms with Crippen molar-refractivity contribution in [3.05, 3.63) is 0 Å². The third kappa shape index (κ3) is 32.6. The van der Waals surface area contributed by atoms with Crippen LogP contribution in [0.1, 0.15) is 122 Å². The zero-order valence-corrected chi connectivity index (χ0v) is 33.0. The minimum absolute atomic E-state index is 0.0296. The molecule has 3 atom stereocenters. The molecule has 15 heteroatoms. The molecular weight excluding hydrogens is 689 g/mol. The Morgan fingerprint density at radius 1 is 0.692 bits per heavy atom. The zero-order valence-electron chi connectivity index (χ0n) is 32.1. The van der Waals surface area contributed by atoms with E-state index < -0.39 is 42.6 Å². The van der Waals surface area contributed by atoms with E-state index in [9.17, 15) is 19.2 Å². The van der Waals surface area contributed by atoms with Crippen LogP contribution in [-0.2, 0) is 28.7 Å². The summed E-state index contributed by atoms with van der Waals surface area (Å²) in [6.07, 6.45) is 19.3. The molecule has 0 fully saturated rings. The Hall–Kier alpha value is -2.01. The maximum Gasteiger partial charge on any atom is 0.328 e. The van der Waals surface area contributed by atoms with Crippen LogP contribution >= 0.6 is 11.8 Å². The van der Waals surface area contributed by atoms with Gasteiger partial charge in [-0.15, -0.1) is 0 Å². The van der Waals surface area contributed by atoms with E-state index in [0.29, 0.717) is 13.1 Å². The second kappa shape index (κ2) is 37.3. The molecule has 0 spiro atoms. The Morgan fingerprint density at radius 3 is 1.79 bits per heavy atom. The highest BCUT2D eigenvalue weighted by Crippen LogP contribution is 2.14. The van der Waals surface area contributed by atoms with Crippen molar-refractivity contribution in [1.29, 1.82) is 0 Å². The highest BCUT2D eigenvalue weighted by Gasteiger charge is 2.24. The fourth-order valence-electron chi connectivity index (χ4n) is 5.26. The summed E-state index contributed by atoms with van der Waals surface area (Å²) in [5.74, 6) is -2.59. The molecule has 0 saturated carbocycles. The van der Waals surface area contributed by atoms with E-state index >= 15 is 0 Å². The summed E-state index contributed by atoms with van der Waals surface area (Å²) in [5, 5.41) is 30.2. The Balaban J connectivity index is 4.44. The molecule has 306 valence electrons. The fourth-order valence-corrected chi connectivity index (χ4v) is 6.23. The van der Waals surface area contributed by atoms with Gasteiger partial charge in [-0.1, -0.05) is 84.0 Å². The topological polar surface area (TPSA) is 227 Å². The Kier molecular flexibility index (Phi) is 35.9. The molecule has 0 aromatic carbocycles. The van der Waals surface area contributed by atoms with Crippen molar-refractivity contribution in [1.82, 2.24) is 21.3 Å². The summed E-state index contributed by atoms with van der Waals surface area (Å²) in [6, 6.07) is -2.50. The number of nitrogens with one attached hydrogen (secondary N) is 4. The molecule has 0 aromatic heterocycles. The average molecular weight is 763 g/mol. The van der Waals surface area contributed by atoms with Gasteiger partial charge in [0.25, 0.3) is 0 Å². The number of hydrogen-bond acceptors (Lipinski definition) is 13. The summed E-state index contributed by atoms with van der Waals surface area (Å²) >= 11 is 1.23. The SMILES string of the molecule is CCCCCCCCCCCCCCCC(=O)O[C@H](COC(=O)CNCCCNCCCCNCCCN)CSC[C@H](N)C(=O)N[C@@H](CO)C(=O)O. The van der Waals surface area contributed by atoms with E-state index in [1.54, 1.807) is 0 Å². The second-order valence-corrected chi connectivity index (χ2v) is 14.5. The number of rotatable bonds is 39. The third-order valence-electron chi connectivity index (χ3n) is 8.44. The predicted molar refractivity (Wildman–Crippen MR) is 209 cm³/mol. The van der Waals surface area contributed by atoms with Crippen molar-refractivity contribution in [2.24, 2.45) is 11.5 Å². The van der Waals surface area contributed by atoms with Gasteiger partial charge in [-0.05, 0) is 71.4 Å². The molecule has 52 heavy (non-hydrogen) atoms. The maximum absolute atomic E-state index is 12.7. The van der Waals surface area contributed by atoms with Gasteiger partial charge in [0.15, 0.2) is 0 Å². The van der Waals surface area contributed by atoms with E-state index in [4.69, 9.17) is 31.2 Å². The lowest BCUT2D eigenvalue weighted by molar-refractivity contribution is -0.157. The zero-order chi connectivity index (χ0) is 38.5. The molecule has 1 amide bonds. The van der Waals surface area contributed by atoms with Crippen molar-refractivity contribution < 1.29 is 38.9 Å². The number of carbonyl (C=O) groups is 4. The first-order chi connectivity index (χ1) is 25.2. The van der Waals surface area contributed by atoms with Crippen molar-refractivity contribution in [3.63, 3.8) is 0 Å². The second-order valence-electron chi connectivity index (χ2n) is 13.4. The van der Waals surface area contributed by atoms with Crippen LogP contribution < -0.4 is 32.7 Å². The van der Waals surface area contributed by atoms with Gasteiger partial charge in [-0.25, -0.2) is 4.79 Å². The minimum atomic E-state index is -1.45. The molecular formula is C37H74N6O8S. The van der Waals surface area contributed by atoms with Crippen LogP contribution in [0, 0.1) is 0 Å². The van der Waals surface area contributed by atoms with E-state index in [2.05, 4.69) is 28.2 Å². The molecule has 0 heterocycles. The van der Waals surface area contributed by atoms with Crippen LogP contribution in [0.3, 0.4) is 0 Å². The molecule has 0 aromatic rings. The van der Waals surface area contributed by atoms with E-state index in [1.807, 2.05) is 0 Å². The molecule has 0 unspecified atom stereocenters. The third-order valence-corrected chi connectivity index (χ3v) is 9.64. The van der Waals surface area contributed by atoms with Crippen LogP contribution in [-0.4, -0.2) is 123 Å². The highest BCUT2D eigenvalue weighted by molar-refractivity contribution is 7.99. The van der Waals surface area contributed by atoms with Crippen molar-refractivity contribution in [3.8, 4) is 0 Å². The first-order valence-electron chi connectivity index (χ1n) is 19.9.